The van der Waals surface area contributed by atoms with Crippen LogP contribution < -0.4 is 11.3 Å². The van der Waals surface area contributed by atoms with Gasteiger partial charge < -0.3 is 0 Å². The smallest absolute Gasteiger partial charge is 0.164 e. The summed E-state index contributed by atoms with van der Waals surface area (Å²) in [5.74, 6) is 1.50. The van der Waals surface area contributed by atoms with E-state index in [9.17, 15) is 17.6 Å². The van der Waals surface area contributed by atoms with Crippen LogP contribution in [0.5, 0.6) is 0 Å². The molecule has 0 saturated heterocycles. The van der Waals surface area contributed by atoms with Crippen molar-refractivity contribution in [3.63, 3.8) is 0 Å². The van der Waals surface area contributed by atoms with Crippen LogP contribution in [0.4, 0.5) is 17.6 Å². The molecule has 2 rings (SSSR count). The van der Waals surface area contributed by atoms with Gasteiger partial charge in [-0.15, -0.1) is 0 Å². The Morgan fingerprint density at radius 1 is 0.950 bits per heavy atom. The van der Waals surface area contributed by atoms with Crippen molar-refractivity contribution in [3.05, 3.63) is 70.3 Å². The molecule has 0 aliphatic carbocycles. The molecule has 1 atom stereocenters. The normalized spacial score (nSPS) is 12.5. The van der Waals surface area contributed by atoms with Crippen LogP contribution in [0.3, 0.4) is 0 Å². The number of benzene rings is 2. The van der Waals surface area contributed by atoms with E-state index in [0.29, 0.717) is 6.07 Å². The first-order valence-electron chi connectivity index (χ1n) is 5.81. The van der Waals surface area contributed by atoms with Crippen molar-refractivity contribution < 1.29 is 17.6 Å². The molecule has 0 aliphatic rings. The Morgan fingerprint density at radius 3 is 2.20 bits per heavy atom. The van der Waals surface area contributed by atoms with Crippen LogP contribution >= 0.6 is 0 Å². The molecule has 2 nitrogen and oxygen atoms in total. The molecular weight excluding hydrogens is 272 g/mol. The van der Waals surface area contributed by atoms with Gasteiger partial charge in [0, 0.05) is 17.2 Å². The molecular formula is C14H12F4N2. The molecule has 3 N–H and O–H groups in total. The highest BCUT2D eigenvalue weighted by molar-refractivity contribution is 5.36. The molecule has 106 valence electrons. The van der Waals surface area contributed by atoms with Gasteiger partial charge in [-0.2, -0.15) is 0 Å². The highest BCUT2D eigenvalue weighted by Gasteiger charge is 2.23. The second-order valence-corrected chi connectivity index (χ2v) is 4.37. The second-order valence-electron chi connectivity index (χ2n) is 4.37. The van der Waals surface area contributed by atoms with Crippen molar-refractivity contribution in [1.29, 1.82) is 0 Å². The zero-order chi connectivity index (χ0) is 14.9. The molecule has 0 fully saturated rings. The quantitative estimate of drug-likeness (QED) is 0.516. The number of nitrogens with two attached hydrogens (primary N) is 1. The van der Waals surface area contributed by atoms with Crippen LogP contribution in [0.2, 0.25) is 0 Å². The van der Waals surface area contributed by atoms with Gasteiger partial charge in [-0.3, -0.25) is 5.84 Å². The molecule has 0 spiro atoms. The van der Waals surface area contributed by atoms with Crippen LogP contribution in [0, 0.1) is 30.2 Å². The summed E-state index contributed by atoms with van der Waals surface area (Å²) in [6.45, 7) is 1.41. The lowest BCUT2D eigenvalue weighted by molar-refractivity contribution is 0.472. The number of hydrogen-bond donors (Lipinski definition) is 2. The summed E-state index contributed by atoms with van der Waals surface area (Å²) in [5.41, 5.74) is 2.11. The highest BCUT2D eigenvalue weighted by atomic mass is 19.2. The Kier molecular flexibility index (Phi) is 4.06. The maximum atomic E-state index is 13.9. The first-order chi connectivity index (χ1) is 9.45. The third kappa shape index (κ3) is 2.52. The molecule has 0 amide bonds. The highest BCUT2D eigenvalue weighted by Crippen LogP contribution is 2.28. The van der Waals surface area contributed by atoms with E-state index in [-0.39, 0.29) is 16.7 Å². The van der Waals surface area contributed by atoms with Crippen molar-refractivity contribution in [2.75, 3.05) is 0 Å². The maximum absolute atomic E-state index is 13.9. The average molecular weight is 284 g/mol. The fourth-order valence-electron chi connectivity index (χ4n) is 1.97. The predicted octanol–water partition coefficient (Wildman–Crippen LogP) is 3.10. The maximum Gasteiger partial charge on any atom is 0.164 e. The molecule has 20 heavy (non-hydrogen) atoms. The lowest BCUT2D eigenvalue weighted by Crippen LogP contribution is -2.30. The summed E-state index contributed by atoms with van der Waals surface area (Å²) >= 11 is 0. The van der Waals surface area contributed by atoms with E-state index in [0.717, 1.165) is 12.1 Å². The molecule has 0 radical (unpaired) electrons. The largest absolute Gasteiger partial charge is 0.271 e. The SMILES string of the molecule is Cc1ccc(C(NN)c2ccc(F)cc2F)c(F)c1F. The summed E-state index contributed by atoms with van der Waals surface area (Å²) in [5, 5.41) is 0. The zero-order valence-electron chi connectivity index (χ0n) is 10.6. The van der Waals surface area contributed by atoms with Crippen LogP contribution in [-0.2, 0) is 0 Å². The van der Waals surface area contributed by atoms with Crippen molar-refractivity contribution in [1.82, 2.24) is 5.43 Å². The van der Waals surface area contributed by atoms with Gasteiger partial charge in [0.25, 0.3) is 0 Å². The molecule has 0 saturated carbocycles. The Balaban J connectivity index is 2.55. The monoisotopic (exact) mass is 284 g/mol. The molecule has 2 aromatic carbocycles. The third-order valence-electron chi connectivity index (χ3n) is 3.06. The number of hydrazine groups is 1. The number of hydrogen-bond acceptors (Lipinski definition) is 2. The van der Waals surface area contributed by atoms with E-state index >= 15 is 0 Å². The predicted molar refractivity (Wildman–Crippen MR) is 66.6 cm³/mol. The van der Waals surface area contributed by atoms with Gasteiger partial charge in [0.05, 0.1) is 6.04 Å². The first kappa shape index (κ1) is 14.5. The van der Waals surface area contributed by atoms with Gasteiger partial charge in [0.15, 0.2) is 11.6 Å². The Morgan fingerprint density at radius 2 is 1.60 bits per heavy atom. The van der Waals surface area contributed by atoms with Gasteiger partial charge in [-0.05, 0) is 18.6 Å². The molecule has 0 heterocycles. The van der Waals surface area contributed by atoms with Crippen molar-refractivity contribution in [2.45, 2.75) is 13.0 Å². The van der Waals surface area contributed by atoms with Gasteiger partial charge in [0.1, 0.15) is 11.6 Å². The minimum Gasteiger partial charge on any atom is -0.271 e. The number of rotatable bonds is 3. The van der Waals surface area contributed by atoms with Crippen molar-refractivity contribution in [3.8, 4) is 0 Å². The van der Waals surface area contributed by atoms with Gasteiger partial charge in [-0.25, -0.2) is 23.0 Å². The summed E-state index contributed by atoms with van der Waals surface area (Å²) in [6.07, 6.45) is 0. The average Bonchev–Trinajstić information content (AvgIpc) is 2.41. The van der Waals surface area contributed by atoms with E-state index in [1.807, 2.05) is 0 Å². The van der Waals surface area contributed by atoms with Crippen molar-refractivity contribution in [2.24, 2.45) is 5.84 Å². The number of halogens is 4. The number of aryl methyl sites for hydroxylation is 1. The molecule has 6 heteroatoms. The van der Waals surface area contributed by atoms with Crippen LogP contribution in [0.15, 0.2) is 30.3 Å². The summed E-state index contributed by atoms with van der Waals surface area (Å²) in [7, 11) is 0. The minimum absolute atomic E-state index is 0.0731. The van der Waals surface area contributed by atoms with E-state index in [2.05, 4.69) is 5.43 Å². The lowest BCUT2D eigenvalue weighted by atomic mass is 9.97. The van der Waals surface area contributed by atoms with Crippen LogP contribution in [0.25, 0.3) is 0 Å². The molecule has 2 aromatic rings. The van der Waals surface area contributed by atoms with Gasteiger partial charge >= 0.3 is 0 Å². The number of nitrogens with one attached hydrogen (secondary N) is 1. The Bertz CT molecular complexity index is 643. The molecule has 1 unspecified atom stereocenters. The fourth-order valence-corrected chi connectivity index (χ4v) is 1.97. The summed E-state index contributed by atoms with van der Waals surface area (Å²) in [4.78, 5) is 0. The van der Waals surface area contributed by atoms with E-state index < -0.39 is 29.3 Å². The van der Waals surface area contributed by atoms with Crippen molar-refractivity contribution >= 4 is 0 Å². The van der Waals surface area contributed by atoms with Crippen LogP contribution in [0.1, 0.15) is 22.7 Å². The Hall–Kier alpha value is -1.92. The van der Waals surface area contributed by atoms with Crippen LogP contribution in [-0.4, -0.2) is 0 Å². The lowest BCUT2D eigenvalue weighted by Gasteiger charge is -2.19. The summed E-state index contributed by atoms with van der Waals surface area (Å²) in [6, 6.07) is 4.35. The first-order valence-corrected chi connectivity index (χ1v) is 5.81. The minimum atomic E-state index is -1.12. The standard InChI is InChI=1S/C14H12F4N2/c1-7-2-4-10(13(18)12(7)17)14(20-19)9-5-3-8(15)6-11(9)16/h2-6,14,20H,19H2,1H3. The third-order valence-corrected chi connectivity index (χ3v) is 3.06. The molecule has 0 aromatic heterocycles. The second kappa shape index (κ2) is 5.60. The van der Waals surface area contributed by atoms with E-state index in [4.69, 9.17) is 5.84 Å². The Labute approximate surface area is 113 Å². The molecule has 0 aliphatic heterocycles. The molecule has 0 bridgehead atoms. The van der Waals surface area contributed by atoms with E-state index in [1.165, 1.54) is 19.1 Å². The topological polar surface area (TPSA) is 38.0 Å². The van der Waals surface area contributed by atoms with Gasteiger partial charge in [0.2, 0.25) is 0 Å². The van der Waals surface area contributed by atoms with Gasteiger partial charge in [-0.1, -0.05) is 18.2 Å². The zero-order valence-corrected chi connectivity index (χ0v) is 10.6. The summed E-state index contributed by atoms with van der Waals surface area (Å²) < 4.78 is 54.1. The fraction of sp³-hybridized carbons (Fsp3) is 0.143. The van der Waals surface area contributed by atoms with E-state index in [1.54, 1.807) is 0 Å².